The van der Waals surface area contributed by atoms with Gasteiger partial charge in [-0.15, -0.1) is 0 Å². The van der Waals surface area contributed by atoms with Gasteiger partial charge >= 0.3 is 0 Å². The molecule has 15 heavy (non-hydrogen) atoms. The van der Waals surface area contributed by atoms with Crippen LogP contribution in [0.5, 0.6) is 0 Å². The SMILES string of the molecule is OCc1cccnc1-c1ccccc1Cl. The van der Waals surface area contributed by atoms with Crippen LogP contribution < -0.4 is 0 Å². The van der Waals surface area contributed by atoms with Gasteiger partial charge in [-0.25, -0.2) is 0 Å². The molecule has 0 aliphatic rings. The maximum atomic E-state index is 9.19. The van der Waals surface area contributed by atoms with E-state index in [1.807, 2.05) is 30.3 Å². The normalized spacial score (nSPS) is 10.3. The summed E-state index contributed by atoms with van der Waals surface area (Å²) in [4.78, 5) is 4.24. The highest BCUT2D eigenvalue weighted by atomic mass is 35.5. The molecule has 1 aromatic carbocycles. The van der Waals surface area contributed by atoms with Crippen LogP contribution in [0.4, 0.5) is 0 Å². The zero-order valence-corrected chi connectivity index (χ0v) is 8.78. The number of benzene rings is 1. The van der Waals surface area contributed by atoms with Crippen molar-refractivity contribution in [3.8, 4) is 11.3 Å². The standard InChI is InChI=1S/C12H10ClNO/c13-11-6-2-1-5-10(11)12-9(8-15)4-3-7-14-12/h1-7,15H,8H2. The Morgan fingerprint density at radius 1 is 1.13 bits per heavy atom. The third-order valence-electron chi connectivity index (χ3n) is 2.19. The number of pyridine rings is 1. The quantitative estimate of drug-likeness (QED) is 0.843. The third-order valence-corrected chi connectivity index (χ3v) is 2.52. The summed E-state index contributed by atoms with van der Waals surface area (Å²) >= 11 is 6.07. The predicted molar refractivity (Wildman–Crippen MR) is 60.6 cm³/mol. The van der Waals surface area contributed by atoms with Gasteiger partial charge in [-0.3, -0.25) is 4.98 Å². The van der Waals surface area contributed by atoms with Crippen LogP contribution in [0.2, 0.25) is 5.02 Å². The Kier molecular flexibility index (Phi) is 2.99. The van der Waals surface area contributed by atoms with E-state index in [0.29, 0.717) is 5.02 Å². The Morgan fingerprint density at radius 3 is 2.67 bits per heavy atom. The minimum Gasteiger partial charge on any atom is -0.392 e. The highest BCUT2D eigenvalue weighted by Gasteiger charge is 2.07. The third kappa shape index (κ3) is 2.01. The van der Waals surface area contributed by atoms with Gasteiger partial charge in [0.2, 0.25) is 0 Å². The second-order valence-electron chi connectivity index (χ2n) is 3.15. The lowest BCUT2D eigenvalue weighted by molar-refractivity contribution is 0.282. The summed E-state index contributed by atoms with van der Waals surface area (Å²) in [6.07, 6.45) is 1.69. The topological polar surface area (TPSA) is 33.1 Å². The van der Waals surface area contributed by atoms with E-state index in [1.165, 1.54) is 0 Å². The Morgan fingerprint density at radius 2 is 1.93 bits per heavy atom. The lowest BCUT2D eigenvalue weighted by Gasteiger charge is -2.07. The Hall–Kier alpha value is -1.38. The van der Waals surface area contributed by atoms with Crippen molar-refractivity contribution in [3.63, 3.8) is 0 Å². The number of rotatable bonds is 2. The zero-order valence-electron chi connectivity index (χ0n) is 8.02. The van der Waals surface area contributed by atoms with Crippen molar-refractivity contribution < 1.29 is 5.11 Å². The first-order chi connectivity index (χ1) is 7.33. The van der Waals surface area contributed by atoms with Crippen LogP contribution in [-0.4, -0.2) is 10.1 Å². The molecule has 0 radical (unpaired) electrons. The molecule has 0 saturated heterocycles. The highest BCUT2D eigenvalue weighted by Crippen LogP contribution is 2.28. The molecule has 0 bridgehead atoms. The molecule has 2 aromatic rings. The van der Waals surface area contributed by atoms with Crippen LogP contribution in [0, 0.1) is 0 Å². The zero-order chi connectivity index (χ0) is 10.7. The van der Waals surface area contributed by atoms with Crippen LogP contribution in [-0.2, 0) is 6.61 Å². The summed E-state index contributed by atoms with van der Waals surface area (Å²) < 4.78 is 0. The molecule has 1 N–H and O–H groups in total. The average molecular weight is 220 g/mol. The maximum absolute atomic E-state index is 9.19. The molecule has 0 spiro atoms. The molecular formula is C12H10ClNO. The van der Waals surface area contributed by atoms with Gasteiger partial charge in [-0.1, -0.05) is 35.9 Å². The summed E-state index contributed by atoms with van der Waals surface area (Å²) in [6.45, 7) is -0.0333. The maximum Gasteiger partial charge on any atom is 0.0772 e. The monoisotopic (exact) mass is 219 g/mol. The van der Waals surface area contributed by atoms with Gasteiger partial charge in [0.05, 0.1) is 12.3 Å². The molecule has 0 unspecified atom stereocenters. The van der Waals surface area contributed by atoms with Crippen molar-refractivity contribution in [2.75, 3.05) is 0 Å². The molecule has 0 atom stereocenters. The second-order valence-corrected chi connectivity index (χ2v) is 3.56. The van der Waals surface area contributed by atoms with E-state index in [2.05, 4.69) is 4.98 Å². The largest absolute Gasteiger partial charge is 0.392 e. The fraction of sp³-hybridized carbons (Fsp3) is 0.0833. The minimum atomic E-state index is -0.0333. The summed E-state index contributed by atoms with van der Waals surface area (Å²) in [5.74, 6) is 0. The van der Waals surface area contributed by atoms with Crippen LogP contribution in [0.3, 0.4) is 0 Å². The van der Waals surface area contributed by atoms with E-state index in [4.69, 9.17) is 11.6 Å². The van der Waals surface area contributed by atoms with E-state index < -0.39 is 0 Å². The molecule has 1 heterocycles. The van der Waals surface area contributed by atoms with Gasteiger partial charge in [0.15, 0.2) is 0 Å². The molecular weight excluding hydrogens is 210 g/mol. The summed E-state index contributed by atoms with van der Waals surface area (Å²) in [7, 11) is 0. The fourth-order valence-corrected chi connectivity index (χ4v) is 1.69. The molecule has 0 aliphatic heterocycles. The number of hydrogen-bond donors (Lipinski definition) is 1. The lowest BCUT2D eigenvalue weighted by atomic mass is 10.1. The Balaban J connectivity index is 2.59. The first-order valence-electron chi connectivity index (χ1n) is 4.62. The van der Waals surface area contributed by atoms with Crippen LogP contribution in [0.1, 0.15) is 5.56 Å². The Bertz CT molecular complexity index is 471. The van der Waals surface area contributed by atoms with Crippen LogP contribution in [0.15, 0.2) is 42.6 Å². The minimum absolute atomic E-state index is 0.0333. The number of hydrogen-bond acceptors (Lipinski definition) is 2. The lowest BCUT2D eigenvalue weighted by Crippen LogP contribution is -1.92. The summed E-state index contributed by atoms with van der Waals surface area (Å²) in [5, 5.41) is 9.83. The number of nitrogens with zero attached hydrogens (tertiary/aromatic N) is 1. The van der Waals surface area contributed by atoms with Gasteiger partial charge in [0, 0.05) is 22.3 Å². The van der Waals surface area contributed by atoms with Crippen LogP contribution >= 0.6 is 11.6 Å². The van der Waals surface area contributed by atoms with Gasteiger partial charge in [0.25, 0.3) is 0 Å². The first-order valence-corrected chi connectivity index (χ1v) is 5.00. The molecule has 76 valence electrons. The number of aromatic nitrogens is 1. The van der Waals surface area contributed by atoms with Gasteiger partial charge in [-0.05, 0) is 12.1 Å². The van der Waals surface area contributed by atoms with Crippen molar-refractivity contribution in [3.05, 3.63) is 53.2 Å². The van der Waals surface area contributed by atoms with Crippen molar-refractivity contribution >= 4 is 11.6 Å². The van der Waals surface area contributed by atoms with Crippen LogP contribution in [0.25, 0.3) is 11.3 Å². The van der Waals surface area contributed by atoms with E-state index in [9.17, 15) is 5.11 Å². The predicted octanol–water partition coefficient (Wildman–Crippen LogP) is 2.89. The average Bonchev–Trinajstić information content (AvgIpc) is 2.30. The summed E-state index contributed by atoms with van der Waals surface area (Å²) in [6, 6.07) is 11.1. The van der Waals surface area contributed by atoms with E-state index >= 15 is 0 Å². The Labute approximate surface area is 93.2 Å². The van der Waals surface area contributed by atoms with E-state index in [-0.39, 0.29) is 6.61 Å². The second kappa shape index (κ2) is 4.43. The molecule has 0 amide bonds. The number of aliphatic hydroxyl groups is 1. The smallest absolute Gasteiger partial charge is 0.0772 e. The number of aliphatic hydroxyl groups excluding tert-OH is 1. The van der Waals surface area contributed by atoms with E-state index in [0.717, 1.165) is 16.8 Å². The fourth-order valence-electron chi connectivity index (χ4n) is 1.46. The van der Waals surface area contributed by atoms with Crippen molar-refractivity contribution in [2.24, 2.45) is 0 Å². The highest BCUT2D eigenvalue weighted by molar-refractivity contribution is 6.33. The van der Waals surface area contributed by atoms with Gasteiger partial charge < -0.3 is 5.11 Å². The number of halogens is 1. The molecule has 0 saturated carbocycles. The van der Waals surface area contributed by atoms with Gasteiger partial charge in [-0.2, -0.15) is 0 Å². The molecule has 0 fully saturated rings. The van der Waals surface area contributed by atoms with Crippen molar-refractivity contribution in [2.45, 2.75) is 6.61 Å². The van der Waals surface area contributed by atoms with Crippen molar-refractivity contribution in [1.29, 1.82) is 0 Å². The molecule has 2 rings (SSSR count). The van der Waals surface area contributed by atoms with Gasteiger partial charge in [0.1, 0.15) is 0 Å². The summed E-state index contributed by atoms with van der Waals surface area (Å²) in [5.41, 5.74) is 2.38. The molecule has 3 heteroatoms. The van der Waals surface area contributed by atoms with E-state index in [1.54, 1.807) is 12.3 Å². The first kappa shape index (κ1) is 10.1. The van der Waals surface area contributed by atoms with Crippen molar-refractivity contribution in [1.82, 2.24) is 4.98 Å². The molecule has 0 aliphatic carbocycles. The molecule has 2 nitrogen and oxygen atoms in total. The molecule has 1 aromatic heterocycles.